The molecule has 0 saturated carbocycles. The van der Waals surface area contributed by atoms with E-state index in [9.17, 15) is 13.2 Å². The number of ether oxygens (including phenoxy) is 1. The van der Waals surface area contributed by atoms with Crippen LogP contribution in [0.15, 0.2) is 40.6 Å². The van der Waals surface area contributed by atoms with E-state index in [1.165, 1.54) is 10.4 Å². The van der Waals surface area contributed by atoms with Crippen molar-refractivity contribution in [3.63, 3.8) is 0 Å². The van der Waals surface area contributed by atoms with Gasteiger partial charge in [0.05, 0.1) is 10.9 Å². The summed E-state index contributed by atoms with van der Waals surface area (Å²) >= 11 is 6.88. The Balaban J connectivity index is 1.43. The molecule has 1 saturated heterocycles. The van der Waals surface area contributed by atoms with Crippen molar-refractivity contribution in [2.45, 2.75) is 11.1 Å². The first-order valence-corrected chi connectivity index (χ1v) is 11.5. The number of halogens is 1. The summed E-state index contributed by atoms with van der Waals surface area (Å²) in [6, 6.07) is 10.6. The second-order valence-corrected chi connectivity index (χ2v) is 10.2. The van der Waals surface area contributed by atoms with E-state index >= 15 is 0 Å². The van der Waals surface area contributed by atoms with Gasteiger partial charge >= 0.3 is 6.03 Å². The van der Waals surface area contributed by atoms with Crippen LogP contribution in [0.4, 0.5) is 4.79 Å². The zero-order chi connectivity index (χ0) is 20.1. The van der Waals surface area contributed by atoms with E-state index in [0.29, 0.717) is 30.6 Å². The summed E-state index contributed by atoms with van der Waals surface area (Å²) in [5, 5.41) is 2.81. The standard InChI is InChI=1S/C18H22ClN3O4S2/c1-14-4-2-3-5-15(14)26-13-8-20-18(23)21-9-11-22(12-10-21)28(24,25)17-7-6-16(19)27-17/h2-7H,8-13H2,1H3,(H,20,23). The van der Waals surface area contributed by atoms with Gasteiger partial charge in [-0.1, -0.05) is 29.8 Å². The van der Waals surface area contributed by atoms with Crippen LogP contribution in [0.2, 0.25) is 4.34 Å². The zero-order valence-corrected chi connectivity index (χ0v) is 17.8. The highest BCUT2D eigenvalue weighted by Crippen LogP contribution is 2.28. The van der Waals surface area contributed by atoms with Crippen LogP contribution in [0.25, 0.3) is 0 Å². The fourth-order valence-electron chi connectivity index (χ4n) is 2.84. The predicted octanol–water partition coefficient (Wildman–Crippen LogP) is 2.80. The molecule has 2 aromatic rings. The minimum atomic E-state index is -3.56. The van der Waals surface area contributed by atoms with Gasteiger partial charge in [-0.25, -0.2) is 13.2 Å². The van der Waals surface area contributed by atoms with Gasteiger partial charge in [-0.15, -0.1) is 11.3 Å². The third-order valence-corrected chi connectivity index (χ3v) is 8.00. The highest BCUT2D eigenvalue weighted by molar-refractivity contribution is 7.91. The molecule has 2 heterocycles. The van der Waals surface area contributed by atoms with Crippen molar-refractivity contribution in [2.24, 2.45) is 0 Å². The molecule has 0 spiro atoms. The third-order valence-electron chi connectivity index (χ3n) is 4.40. The molecule has 1 aliphatic rings. The number of para-hydroxylation sites is 1. The minimum absolute atomic E-state index is 0.218. The lowest BCUT2D eigenvalue weighted by Gasteiger charge is -2.33. The van der Waals surface area contributed by atoms with Gasteiger partial charge in [0, 0.05) is 26.2 Å². The third kappa shape index (κ3) is 4.96. The number of urea groups is 1. The van der Waals surface area contributed by atoms with E-state index in [2.05, 4.69) is 5.32 Å². The number of piperazine rings is 1. The molecule has 10 heteroatoms. The lowest BCUT2D eigenvalue weighted by atomic mass is 10.2. The molecule has 7 nitrogen and oxygen atoms in total. The molecule has 1 aromatic heterocycles. The van der Waals surface area contributed by atoms with Crippen LogP contribution >= 0.6 is 22.9 Å². The molecule has 152 valence electrons. The van der Waals surface area contributed by atoms with Gasteiger partial charge in [0.15, 0.2) is 0 Å². The van der Waals surface area contributed by atoms with E-state index in [1.54, 1.807) is 11.0 Å². The first-order valence-electron chi connectivity index (χ1n) is 8.84. The van der Waals surface area contributed by atoms with E-state index in [4.69, 9.17) is 16.3 Å². The molecule has 1 aromatic carbocycles. The molecule has 1 fully saturated rings. The number of rotatable bonds is 6. The second-order valence-electron chi connectivity index (χ2n) is 6.30. The Kier molecular flexibility index (Phi) is 6.82. The summed E-state index contributed by atoms with van der Waals surface area (Å²) < 4.78 is 32.9. The lowest BCUT2D eigenvalue weighted by Crippen LogP contribution is -2.53. The molecule has 0 radical (unpaired) electrons. The molecule has 28 heavy (non-hydrogen) atoms. The quantitative estimate of drug-likeness (QED) is 0.696. The van der Waals surface area contributed by atoms with E-state index in [-0.39, 0.29) is 23.3 Å². The number of nitrogens with one attached hydrogen (secondary N) is 1. The summed E-state index contributed by atoms with van der Waals surface area (Å²) in [5.74, 6) is 0.796. The van der Waals surface area contributed by atoms with Crippen LogP contribution in [-0.2, 0) is 10.0 Å². The topological polar surface area (TPSA) is 79.0 Å². The second kappa shape index (κ2) is 9.13. The Morgan fingerprint density at radius 2 is 1.89 bits per heavy atom. The van der Waals surface area contributed by atoms with Crippen molar-refractivity contribution in [3.05, 3.63) is 46.3 Å². The first-order chi connectivity index (χ1) is 13.4. The van der Waals surface area contributed by atoms with Crippen LogP contribution in [0.1, 0.15) is 5.56 Å². The highest BCUT2D eigenvalue weighted by atomic mass is 35.5. The summed E-state index contributed by atoms with van der Waals surface area (Å²) in [5.41, 5.74) is 1.04. The summed E-state index contributed by atoms with van der Waals surface area (Å²) in [6.07, 6.45) is 0. The molecule has 0 atom stereocenters. The van der Waals surface area contributed by atoms with Crippen LogP contribution in [0, 0.1) is 6.92 Å². The van der Waals surface area contributed by atoms with E-state index < -0.39 is 10.0 Å². The molecular formula is C18H22ClN3O4S2. The van der Waals surface area contributed by atoms with Crippen LogP contribution < -0.4 is 10.1 Å². The monoisotopic (exact) mass is 443 g/mol. The maximum absolute atomic E-state index is 12.6. The number of carbonyl (C=O) groups excluding carboxylic acids is 1. The molecule has 2 amide bonds. The van der Waals surface area contributed by atoms with Gasteiger partial charge in [-0.05, 0) is 30.7 Å². The maximum atomic E-state index is 12.6. The number of nitrogens with zero attached hydrogens (tertiary/aromatic N) is 2. The normalized spacial score (nSPS) is 15.4. The van der Waals surface area contributed by atoms with Crippen molar-refractivity contribution in [1.82, 2.24) is 14.5 Å². The summed E-state index contributed by atoms with van der Waals surface area (Å²) in [4.78, 5) is 13.9. The Hall–Kier alpha value is -1.81. The fourth-order valence-corrected chi connectivity index (χ4v) is 5.90. The van der Waals surface area contributed by atoms with E-state index in [1.807, 2.05) is 31.2 Å². The molecule has 0 bridgehead atoms. The van der Waals surface area contributed by atoms with Crippen molar-refractivity contribution < 1.29 is 17.9 Å². The van der Waals surface area contributed by atoms with Gasteiger partial charge in [-0.3, -0.25) is 0 Å². The van der Waals surface area contributed by atoms with Crippen molar-refractivity contribution in [1.29, 1.82) is 0 Å². The van der Waals surface area contributed by atoms with Crippen LogP contribution in [0.3, 0.4) is 0 Å². The zero-order valence-electron chi connectivity index (χ0n) is 15.4. The molecule has 1 aliphatic heterocycles. The number of hydrogen-bond donors (Lipinski definition) is 1. The van der Waals surface area contributed by atoms with Gasteiger partial charge in [0.1, 0.15) is 16.6 Å². The Labute approximate surface area is 173 Å². The number of aryl methyl sites for hydroxylation is 1. The molecule has 1 N–H and O–H groups in total. The number of hydrogen-bond acceptors (Lipinski definition) is 5. The number of thiophene rings is 1. The molecule has 0 unspecified atom stereocenters. The predicted molar refractivity (Wildman–Crippen MR) is 110 cm³/mol. The Bertz CT molecular complexity index is 924. The average molecular weight is 444 g/mol. The van der Waals surface area contributed by atoms with Gasteiger partial charge < -0.3 is 15.0 Å². The van der Waals surface area contributed by atoms with Gasteiger partial charge in [0.2, 0.25) is 0 Å². The minimum Gasteiger partial charge on any atom is -0.491 e. The average Bonchev–Trinajstić information content (AvgIpc) is 3.14. The SMILES string of the molecule is Cc1ccccc1OCCNC(=O)N1CCN(S(=O)(=O)c2ccc(Cl)s2)CC1. The van der Waals surface area contributed by atoms with Crippen molar-refractivity contribution >= 4 is 39.0 Å². The molecule has 3 rings (SSSR count). The smallest absolute Gasteiger partial charge is 0.317 e. The van der Waals surface area contributed by atoms with E-state index in [0.717, 1.165) is 22.6 Å². The van der Waals surface area contributed by atoms with Gasteiger partial charge in [0.25, 0.3) is 10.0 Å². The number of sulfonamides is 1. The Morgan fingerprint density at radius 1 is 1.18 bits per heavy atom. The van der Waals surface area contributed by atoms with Crippen molar-refractivity contribution in [3.8, 4) is 5.75 Å². The number of amides is 2. The first kappa shape index (κ1) is 20.9. The lowest BCUT2D eigenvalue weighted by molar-refractivity contribution is 0.170. The largest absolute Gasteiger partial charge is 0.491 e. The number of carbonyl (C=O) groups is 1. The van der Waals surface area contributed by atoms with Crippen LogP contribution in [0.5, 0.6) is 5.75 Å². The fraction of sp³-hybridized carbons (Fsp3) is 0.389. The van der Waals surface area contributed by atoms with Gasteiger partial charge in [-0.2, -0.15) is 4.31 Å². The summed E-state index contributed by atoms with van der Waals surface area (Å²) in [6.45, 7) is 3.89. The molecule has 0 aliphatic carbocycles. The van der Waals surface area contributed by atoms with Crippen LogP contribution in [-0.4, -0.2) is 63.0 Å². The number of benzene rings is 1. The highest BCUT2D eigenvalue weighted by Gasteiger charge is 2.31. The maximum Gasteiger partial charge on any atom is 0.317 e. The Morgan fingerprint density at radius 3 is 2.54 bits per heavy atom. The molecular weight excluding hydrogens is 422 g/mol. The summed E-state index contributed by atoms with van der Waals surface area (Å²) in [7, 11) is -3.56. The van der Waals surface area contributed by atoms with Crippen molar-refractivity contribution in [2.75, 3.05) is 39.3 Å².